The summed E-state index contributed by atoms with van der Waals surface area (Å²) in [5, 5.41) is 0. The van der Waals surface area contributed by atoms with Crippen LogP contribution in [0.15, 0.2) is 48.9 Å². The molecule has 0 bridgehead atoms. The SMILES string of the molecule is Cc1ccc(-c2ncc(CCN)cn2)c(Oc2ccnc(N3CCN(C)C(=O)C3)c2)c1. The largest absolute Gasteiger partial charge is 0.456 e. The first-order chi connectivity index (χ1) is 15.0. The number of piperazine rings is 1. The molecule has 1 aliphatic heterocycles. The van der Waals surface area contributed by atoms with Gasteiger partial charge in [0.15, 0.2) is 5.82 Å². The number of benzene rings is 1. The van der Waals surface area contributed by atoms with Crippen LogP contribution in [-0.2, 0) is 11.2 Å². The lowest BCUT2D eigenvalue weighted by molar-refractivity contribution is -0.129. The smallest absolute Gasteiger partial charge is 0.241 e. The van der Waals surface area contributed by atoms with Gasteiger partial charge in [0.25, 0.3) is 0 Å². The maximum absolute atomic E-state index is 12.1. The van der Waals surface area contributed by atoms with Gasteiger partial charge in [-0.3, -0.25) is 4.79 Å². The molecule has 2 aromatic heterocycles. The van der Waals surface area contributed by atoms with E-state index in [-0.39, 0.29) is 5.91 Å². The summed E-state index contributed by atoms with van der Waals surface area (Å²) in [6, 6.07) is 9.59. The van der Waals surface area contributed by atoms with Crippen LogP contribution in [0.1, 0.15) is 11.1 Å². The topological polar surface area (TPSA) is 97.5 Å². The number of hydrogen-bond acceptors (Lipinski definition) is 7. The summed E-state index contributed by atoms with van der Waals surface area (Å²) in [5.41, 5.74) is 8.48. The Balaban J connectivity index is 1.59. The number of aromatic nitrogens is 3. The summed E-state index contributed by atoms with van der Waals surface area (Å²) < 4.78 is 6.24. The van der Waals surface area contributed by atoms with E-state index in [1.807, 2.05) is 43.1 Å². The van der Waals surface area contributed by atoms with E-state index in [1.54, 1.807) is 29.6 Å². The van der Waals surface area contributed by atoms with Crippen molar-refractivity contribution >= 4 is 11.7 Å². The third-order valence-corrected chi connectivity index (χ3v) is 5.24. The first-order valence-electron chi connectivity index (χ1n) is 10.3. The van der Waals surface area contributed by atoms with E-state index in [1.165, 1.54) is 0 Å². The minimum absolute atomic E-state index is 0.0792. The first kappa shape index (κ1) is 20.7. The van der Waals surface area contributed by atoms with Gasteiger partial charge in [-0.25, -0.2) is 15.0 Å². The lowest BCUT2D eigenvalue weighted by Gasteiger charge is -2.32. The molecule has 0 aliphatic carbocycles. The zero-order chi connectivity index (χ0) is 21.8. The van der Waals surface area contributed by atoms with E-state index in [0.717, 1.165) is 35.5 Å². The predicted molar refractivity (Wildman–Crippen MR) is 119 cm³/mol. The molecule has 8 heteroatoms. The Labute approximate surface area is 181 Å². The molecule has 0 saturated carbocycles. The van der Waals surface area contributed by atoms with Crippen molar-refractivity contribution in [2.75, 3.05) is 38.1 Å². The second-order valence-electron chi connectivity index (χ2n) is 7.64. The van der Waals surface area contributed by atoms with Crippen LogP contribution >= 0.6 is 0 Å². The van der Waals surface area contributed by atoms with Gasteiger partial charge >= 0.3 is 0 Å². The molecule has 0 atom stereocenters. The Morgan fingerprint density at radius 3 is 2.65 bits per heavy atom. The maximum Gasteiger partial charge on any atom is 0.241 e. The summed E-state index contributed by atoms with van der Waals surface area (Å²) in [7, 11) is 1.82. The van der Waals surface area contributed by atoms with Gasteiger partial charge in [0.05, 0.1) is 12.1 Å². The summed E-state index contributed by atoms with van der Waals surface area (Å²) in [6.07, 6.45) is 6.04. The molecule has 3 aromatic rings. The first-order valence-corrected chi connectivity index (χ1v) is 10.3. The van der Waals surface area contributed by atoms with E-state index < -0.39 is 0 Å². The van der Waals surface area contributed by atoms with Crippen LogP contribution in [0.3, 0.4) is 0 Å². The number of amides is 1. The average Bonchev–Trinajstić information content (AvgIpc) is 2.77. The molecule has 4 rings (SSSR count). The second-order valence-corrected chi connectivity index (χ2v) is 7.64. The third kappa shape index (κ3) is 4.80. The monoisotopic (exact) mass is 418 g/mol. The third-order valence-electron chi connectivity index (χ3n) is 5.24. The van der Waals surface area contributed by atoms with Crippen molar-refractivity contribution in [2.45, 2.75) is 13.3 Å². The minimum Gasteiger partial charge on any atom is -0.456 e. The van der Waals surface area contributed by atoms with Crippen molar-refractivity contribution in [2.24, 2.45) is 5.73 Å². The molecule has 0 radical (unpaired) electrons. The molecule has 160 valence electrons. The highest BCUT2D eigenvalue weighted by Gasteiger charge is 2.22. The molecule has 1 aromatic carbocycles. The van der Waals surface area contributed by atoms with Gasteiger partial charge < -0.3 is 20.3 Å². The second kappa shape index (κ2) is 9.09. The standard InChI is InChI=1S/C23H26N6O2/c1-16-3-4-19(23-26-13-17(5-7-24)14-27-23)20(11-16)31-18-6-8-25-21(12-18)29-10-9-28(2)22(30)15-29/h3-4,6,8,11-14H,5,7,9-10,15,24H2,1-2H3. The molecule has 1 saturated heterocycles. The number of carbonyl (C=O) groups is 1. The molecular formula is C23H26N6O2. The van der Waals surface area contributed by atoms with E-state index >= 15 is 0 Å². The summed E-state index contributed by atoms with van der Waals surface area (Å²) in [5.74, 6) is 2.70. The van der Waals surface area contributed by atoms with Crippen LogP contribution in [0.5, 0.6) is 11.5 Å². The van der Waals surface area contributed by atoms with Gasteiger partial charge in [0.2, 0.25) is 5.91 Å². The van der Waals surface area contributed by atoms with Gasteiger partial charge in [-0.1, -0.05) is 6.07 Å². The number of carbonyl (C=O) groups excluding carboxylic acids is 1. The van der Waals surface area contributed by atoms with E-state index in [9.17, 15) is 4.79 Å². The van der Waals surface area contributed by atoms with Crippen LogP contribution in [0.25, 0.3) is 11.4 Å². The average molecular weight is 419 g/mol. The highest BCUT2D eigenvalue weighted by Crippen LogP contribution is 2.33. The molecular weight excluding hydrogens is 392 g/mol. The molecule has 2 N–H and O–H groups in total. The molecule has 1 amide bonds. The highest BCUT2D eigenvalue weighted by molar-refractivity contribution is 5.82. The summed E-state index contributed by atoms with van der Waals surface area (Å²) in [4.78, 5) is 29.2. The molecule has 0 unspecified atom stereocenters. The van der Waals surface area contributed by atoms with Crippen molar-refractivity contribution in [3.8, 4) is 22.9 Å². The molecule has 0 spiro atoms. The van der Waals surface area contributed by atoms with Gasteiger partial charge in [-0.05, 0) is 49.2 Å². The van der Waals surface area contributed by atoms with Crippen molar-refractivity contribution < 1.29 is 9.53 Å². The fourth-order valence-corrected chi connectivity index (χ4v) is 3.41. The predicted octanol–water partition coefficient (Wildman–Crippen LogP) is 2.42. The van der Waals surface area contributed by atoms with Gasteiger partial charge in [0, 0.05) is 44.8 Å². The van der Waals surface area contributed by atoms with Crippen LogP contribution < -0.4 is 15.4 Å². The number of anilines is 1. The Kier molecular flexibility index (Phi) is 6.08. The zero-order valence-corrected chi connectivity index (χ0v) is 17.8. The van der Waals surface area contributed by atoms with Crippen molar-refractivity contribution in [1.82, 2.24) is 19.9 Å². The van der Waals surface area contributed by atoms with Gasteiger partial charge in [-0.15, -0.1) is 0 Å². The molecule has 3 heterocycles. The number of nitrogens with zero attached hydrogens (tertiary/aromatic N) is 5. The Morgan fingerprint density at radius 2 is 1.90 bits per heavy atom. The van der Waals surface area contributed by atoms with E-state index in [2.05, 4.69) is 15.0 Å². The van der Waals surface area contributed by atoms with Crippen LogP contribution in [0.2, 0.25) is 0 Å². The number of pyridine rings is 1. The summed E-state index contributed by atoms with van der Waals surface area (Å²) >= 11 is 0. The van der Waals surface area contributed by atoms with E-state index in [0.29, 0.717) is 37.0 Å². The van der Waals surface area contributed by atoms with E-state index in [4.69, 9.17) is 10.5 Å². The normalized spacial score (nSPS) is 14.1. The fourth-order valence-electron chi connectivity index (χ4n) is 3.41. The van der Waals surface area contributed by atoms with Gasteiger partial charge in [-0.2, -0.15) is 0 Å². The van der Waals surface area contributed by atoms with Gasteiger partial charge in [0.1, 0.15) is 17.3 Å². The molecule has 8 nitrogen and oxygen atoms in total. The van der Waals surface area contributed by atoms with Crippen LogP contribution in [0, 0.1) is 6.92 Å². The quantitative estimate of drug-likeness (QED) is 0.656. The number of nitrogens with two attached hydrogens (primary N) is 1. The van der Waals surface area contributed by atoms with Crippen molar-refractivity contribution in [1.29, 1.82) is 0 Å². The Hall–Kier alpha value is -3.52. The van der Waals surface area contributed by atoms with Crippen LogP contribution in [-0.4, -0.2) is 59.0 Å². The number of aryl methyl sites for hydroxylation is 1. The number of ether oxygens (including phenoxy) is 1. The minimum atomic E-state index is 0.0792. The number of likely N-dealkylation sites (N-methyl/N-ethyl adjacent to an activating group) is 1. The highest BCUT2D eigenvalue weighted by atomic mass is 16.5. The fraction of sp³-hybridized carbons (Fsp3) is 0.304. The lowest BCUT2D eigenvalue weighted by Crippen LogP contribution is -2.48. The lowest BCUT2D eigenvalue weighted by atomic mass is 10.1. The van der Waals surface area contributed by atoms with Crippen molar-refractivity contribution in [3.05, 3.63) is 60.0 Å². The number of rotatable bonds is 6. The maximum atomic E-state index is 12.1. The Morgan fingerprint density at radius 1 is 1.10 bits per heavy atom. The van der Waals surface area contributed by atoms with Crippen LogP contribution in [0.4, 0.5) is 5.82 Å². The number of hydrogen-bond donors (Lipinski definition) is 1. The Bertz CT molecular complexity index is 1070. The zero-order valence-electron chi connectivity index (χ0n) is 17.8. The summed E-state index contributed by atoms with van der Waals surface area (Å²) in [6.45, 7) is 4.29. The van der Waals surface area contributed by atoms with Crippen molar-refractivity contribution in [3.63, 3.8) is 0 Å². The molecule has 1 aliphatic rings. The molecule has 31 heavy (non-hydrogen) atoms. The molecule has 1 fully saturated rings.